The molecule has 1 fully saturated rings. The third-order valence-electron chi connectivity index (χ3n) is 5.09. The molecule has 1 unspecified atom stereocenters. The number of rotatable bonds is 7. The number of aromatic nitrogens is 1. The standard InChI is InChI=1S/C22H31N5O.HI/c1-4-24-22(25-13-10-18-9-12-23-15-17(18)2)26-19-11-14-27(16-19)20-7-5-6-8-21(20)28-3;/h5-9,12,15,19H,4,10-11,13-14,16H2,1-3H3,(H2,24,25,26);1H. The summed E-state index contributed by atoms with van der Waals surface area (Å²) in [5.74, 6) is 1.82. The van der Waals surface area contributed by atoms with Crippen molar-refractivity contribution in [3.8, 4) is 5.75 Å². The molecule has 3 rings (SSSR count). The number of guanidine groups is 1. The average molecular weight is 509 g/mol. The number of pyridine rings is 1. The normalized spacial score (nSPS) is 16.3. The second kappa shape index (κ2) is 11.8. The van der Waals surface area contributed by atoms with E-state index in [0.717, 1.165) is 56.4 Å². The molecule has 0 radical (unpaired) electrons. The highest BCUT2D eigenvalue weighted by molar-refractivity contribution is 14.0. The summed E-state index contributed by atoms with van der Waals surface area (Å²) in [7, 11) is 1.73. The first-order valence-electron chi connectivity index (χ1n) is 10.0. The van der Waals surface area contributed by atoms with E-state index >= 15 is 0 Å². The van der Waals surface area contributed by atoms with Crippen LogP contribution in [0.4, 0.5) is 5.69 Å². The molecule has 0 bridgehead atoms. The van der Waals surface area contributed by atoms with Gasteiger partial charge < -0.3 is 20.3 Å². The Morgan fingerprint density at radius 2 is 2.14 bits per heavy atom. The fraction of sp³-hybridized carbons (Fsp3) is 0.455. The van der Waals surface area contributed by atoms with Crippen LogP contribution >= 0.6 is 24.0 Å². The van der Waals surface area contributed by atoms with Gasteiger partial charge in [0.2, 0.25) is 0 Å². The van der Waals surface area contributed by atoms with Gasteiger partial charge in [-0.15, -0.1) is 24.0 Å². The van der Waals surface area contributed by atoms with Crippen LogP contribution in [0.25, 0.3) is 0 Å². The maximum Gasteiger partial charge on any atom is 0.191 e. The molecular weight excluding hydrogens is 477 g/mol. The zero-order valence-corrected chi connectivity index (χ0v) is 19.8. The number of anilines is 1. The zero-order chi connectivity index (χ0) is 19.8. The lowest BCUT2D eigenvalue weighted by atomic mass is 10.1. The lowest BCUT2D eigenvalue weighted by Crippen LogP contribution is -2.44. The number of hydrogen-bond donors (Lipinski definition) is 2. The number of aryl methyl sites for hydroxylation is 1. The number of nitrogens with one attached hydrogen (secondary N) is 2. The number of hydrogen-bond acceptors (Lipinski definition) is 4. The Labute approximate surface area is 191 Å². The summed E-state index contributed by atoms with van der Waals surface area (Å²) in [5.41, 5.74) is 3.68. The number of aliphatic imine (C=N–C) groups is 1. The number of halogens is 1. The minimum absolute atomic E-state index is 0. The van der Waals surface area contributed by atoms with Crippen LogP contribution in [0.3, 0.4) is 0 Å². The number of para-hydroxylation sites is 2. The van der Waals surface area contributed by atoms with Crippen LogP contribution in [0.1, 0.15) is 24.5 Å². The van der Waals surface area contributed by atoms with E-state index in [1.807, 2.05) is 24.5 Å². The van der Waals surface area contributed by atoms with Gasteiger partial charge in [-0.3, -0.25) is 9.98 Å². The molecular formula is C22H32IN5O. The molecule has 1 aliphatic heterocycles. The molecule has 2 N–H and O–H groups in total. The monoisotopic (exact) mass is 509 g/mol. The summed E-state index contributed by atoms with van der Waals surface area (Å²) in [5, 5.41) is 6.97. The van der Waals surface area contributed by atoms with Gasteiger partial charge in [0.25, 0.3) is 0 Å². The van der Waals surface area contributed by atoms with Gasteiger partial charge in [0, 0.05) is 44.6 Å². The lowest BCUT2D eigenvalue weighted by molar-refractivity contribution is 0.415. The second-order valence-corrected chi connectivity index (χ2v) is 7.06. The molecule has 0 amide bonds. The largest absolute Gasteiger partial charge is 0.495 e. The molecule has 7 heteroatoms. The zero-order valence-electron chi connectivity index (χ0n) is 17.5. The Morgan fingerprint density at radius 3 is 2.90 bits per heavy atom. The Balaban J connectivity index is 0.00000300. The first kappa shape index (κ1) is 23.3. The molecule has 158 valence electrons. The maximum absolute atomic E-state index is 5.51. The maximum atomic E-state index is 5.51. The van der Waals surface area contributed by atoms with Gasteiger partial charge in [-0.05, 0) is 56.0 Å². The third-order valence-corrected chi connectivity index (χ3v) is 5.09. The van der Waals surface area contributed by atoms with Crippen LogP contribution in [0.2, 0.25) is 0 Å². The van der Waals surface area contributed by atoms with Crippen molar-refractivity contribution < 1.29 is 4.74 Å². The lowest BCUT2D eigenvalue weighted by Gasteiger charge is -2.22. The summed E-state index contributed by atoms with van der Waals surface area (Å²) in [6.45, 7) is 7.74. The number of methoxy groups -OCH3 is 1. The smallest absolute Gasteiger partial charge is 0.191 e. The number of benzene rings is 1. The van der Waals surface area contributed by atoms with Crippen molar-refractivity contribution in [2.24, 2.45) is 4.99 Å². The molecule has 6 nitrogen and oxygen atoms in total. The minimum Gasteiger partial charge on any atom is -0.495 e. The molecule has 0 saturated carbocycles. The van der Waals surface area contributed by atoms with E-state index in [4.69, 9.17) is 9.73 Å². The highest BCUT2D eigenvalue weighted by atomic mass is 127. The summed E-state index contributed by atoms with van der Waals surface area (Å²) < 4.78 is 5.51. The van der Waals surface area contributed by atoms with Crippen molar-refractivity contribution in [2.75, 3.05) is 38.2 Å². The van der Waals surface area contributed by atoms with Crippen LogP contribution < -0.4 is 20.3 Å². The van der Waals surface area contributed by atoms with Gasteiger partial charge in [0.1, 0.15) is 5.75 Å². The van der Waals surface area contributed by atoms with Crippen LogP contribution in [0.5, 0.6) is 5.75 Å². The SMILES string of the molecule is CCNC(=NCCc1ccncc1C)NC1CCN(c2ccccc2OC)C1.I. The van der Waals surface area contributed by atoms with Gasteiger partial charge in [-0.2, -0.15) is 0 Å². The highest BCUT2D eigenvalue weighted by Crippen LogP contribution is 2.30. The summed E-state index contributed by atoms with van der Waals surface area (Å²) in [6, 6.07) is 10.7. The minimum atomic E-state index is 0. The van der Waals surface area contributed by atoms with Crippen molar-refractivity contribution in [3.63, 3.8) is 0 Å². The van der Waals surface area contributed by atoms with Crippen LogP contribution in [-0.2, 0) is 6.42 Å². The van der Waals surface area contributed by atoms with Crippen molar-refractivity contribution in [2.45, 2.75) is 32.7 Å². The van der Waals surface area contributed by atoms with E-state index in [1.54, 1.807) is 7.11 Å². The van der Waals surface area contributed by atoms with E-state index < -0.39 is 0 Å². The van der Waals surface area contributed by atoms with E-state index in [-0.39, 0.29) is 24.0 Å². The molecule has 0 aliphatic carbocycles. The van der Waals surface area contributed by atoms with E-state index in [2.05, 4.69) is 52.6 Å². The predicted molar refractivity (Wildman–Crippen MR) is 131 cm³/mol. The Kier molecular flexibility index (Phi) is 9.50. The highest BCUT2D eigenvalue weighted by Gasteiger charge is 2.25. The summed E-state index contributed by atoms with van der Waals surface area (Å²) in [6.07, 6.45) is 5.75. The molecule has 1 atom stereocenters. The quantitative estimate of drug-likeness (QED) is 0.341. The van der Waals surface area contributed by atoms with Crippen LogP contribution in [-0.4, -0.2) is 50.3 Å². The molecule has 1 aromatic heterocycles. The van der Waals surface area contributed by atoms with Gasteiger partial charge in [0.15, 0.2) is 5.96 Å². The predicted octanol–water partition coefficient (Wildman–Crippen LogP) is 3.39. The molecule has 1 saturated heterocycles. The van der Waals surface area contributed by atoms with Gasteiger partial charge in [-0.25, -0.2) is 0 Å². The first-order chi connectivity index (χ1) is 13.7. The Hall–Kier alpha value is -2.03. The topological polar surface area (TPSA) is 61.8 Å². The van der Waals surface area contributed by atoms with Crippen LogP contribution in [0, 0.1) is 6.92 Å². The van der Waals surface area contributed by atoms with Crippen molar-refractivity contribution in [1.29, 1.82) is 0 Å². The number of ether oxygens (including phenoxy) is 1. The van der Waals surface area contributed by atoms with E-state index in [9.17, 15) is 0 Å². The average Bonchev–Trinajstić information content (AvgIpc) is 3.18. The third kappa shape index (κ3) is 6.48. The fourth-order valence-electron chi connectivity index (χ4n) is 3.57. The fourth-order valence-corrected chi connectivity index (χ4v) is 3.57. The molecule has 1 aliphatic rings. The van der Waals surface area contributed by atoms with Crippen LogP contribution in [0.15, 0.2) is 47.7 Å². The Bertz CT molecular complexity index is 798. The molecule has 29 heavy (non-hydrogen) atoms. The first-order valence-corrected chi connectivity index (χ1v) is 10.0. The summed E-state index contributed by atoms with van der Waals surface area (Å²) >= 11 is 0. The van der Waals surface area contributed by atoms with Gasteiger partial charge in [-0.1, -0.05) is 12.1 Å². The second-order valence-electron chi connectivity index (χ2n) is 7.06. The van der Waals surface area contributed by atoms with Gasteiger partial charge >= 0.3 is 0 Å². The Morgan fingerprint density at radius 1 is 1.31 bits per heavy atom. The van der Waals surface area contributed by atoms with Gasteiger partial charge in [0.05, 0.1) is 12.8 Å². The molecule has 0 spiro atoms. The van der Waals surface area contributed by atoms with Crippen molar-refractivity contribution >= 4 is 35.6 Å². The molecule has 2 heterocycles. The van der Waals surface area contributed by atoms with E-state index in [0.29, 0.717) is 6.04 Å². The van der Waals surface area contributed by atoms with E-state index in [1.165, 1.54) is 11.1 Å². The molecule has 2 aromatic rings. The summed E-state index contributed by atoms with van der Waals surface area (Å²) in [4.78, 5) is 11.3. The number of nitrogens with zero attached hydrogens (tertiary/aromatic N) is 3. The molecule has 1 aromatic carbocycles. The van der Waals surface area contributed by atoms with Crippen molar-refractivity contribution in [1.82, 2.24) is 15.6 Å². The van der Waals surface area contributed by atoms with Crippen molar-refractivity contribution in [3.05, 3.63) is 53.9 Å².